The maximum atomic E-state index is 10.6. The molecule has 2 heterocycles. The van der Waals surface area contributed by atoms with Crippen LogP contribution in [0.2, 0.25) is 0 Å². The van der Waals surface area contributed by atoms with Gasteiger partial charge in [0.15, 0.2) is 0 Å². The average Bonchev–Trinajstić information content (AvgIpc) is 2.71. The lowest BCUT2D eigenvalue weighted by Crippen LogP contribution is -2.24. The van der Waals surface area contributed by atoms with Gasteiger partial charge in [-0.05, 0) is 37.6 Å². The number of hydrogen-bond donors (Lipinski definition) is 2. The Labute approximate surface area is 159 Å². The van der Waals surface area contributed by atoms with Crippen molar-refractivity contribution in [2.45, 2.75) is 26.8 Å². The second-order valence-electron chi connectivity index (χ2n) is 6.17. The van der Waals surface area contributed by atoms with Crippen molar-refractivity contribution in [3.63, 3.8) is 0 Å². The van der Waals surface area contributed by atoms with E-state index in [4.69, 9.17) is 4.98 Å². The number of rotatable bonds is 6. The number of fused-ring (bicyclic) bond motifs is 1. The van der Waals surface area contributed by atoms with Crippen LogP contribution in [0.25, 0.3) is 22.7 Å². The minimum absolute atomic E-state index is 0.122. The van der Waals surface area contributed by atoms with Gasteiger partial charge in [0.1, 0.15) is 22.9 Å². The lowest BCUT2D eigenvalue weighted by Gasteiger charge is -2.12. The Hall–Kier alpha value is -3.15. The first-order valence-corrected chi connectivity index (χ1v) is 9.21. The summed E-state index contributed by atoms with van der Waals surface area (Å²) in [5, 5.41) is 14.8. The molecule has 0 aliphatic rings. The number of aromatic nitrogens is 3. The predicted molar refractivity (Wildman–Crippen MR) is 110 cm³/mol. The molecular formula is C21H25N5O. The Kier molecular flexibility index (Phi) is 5.86. The third kappa shape index (κ3) is 4.00. The quantitative estimate of drug-likeness (QED) is 0.652. The van der Waals surface area contributed by atoms with Gasteiger partial charge in [0, 0.05) is 43.4 Å². The highest BCUT2D eigenvalue weighted by Gasteiger charge is 2.09. The zero-order valence-corrected chi connectivity index (χ0v) is 16.0. The minimum Gasteiger partial charge on any atom is -0.507 e. The lowest BCUT2D eigenvalue weighted by atomic mass is 10.2. The predicted octanol–water partition coefficient (Wildman–Crippen LogP) is 3.86. The van der Waals surface area contributed by atoms with Gasteiger partial charge < -0.3 is 15.0 Å². The third-order valence-corrected chi connectivity index (χ3v) is 4.32. The topological polar surface area (TPSA) is 75.3 Å². The van der Waals surface area contributed by atoms with Gasteiger partial charge in [0.25, 0.3) is 0 Å². The second-order valence-corrected chi connectivity index (χ2v) is 6.17. The van der Waals surface area contributed by atoms with Crippen LogP contribution in [0.1, 0.15) is 31.7 Å². The van der Waals surface area contributed by atoms with Crippen molar-refractivity contribution in [3.8, 4) is 0 Å². The summed E-state index contributed by atoms with van der Waals surface area (Å²) < 4.78 is 1.99. The summed E-state index contributed by atoms with van der Waals surface area (Å²) in [7, 11) is 1.77. The summed E-state index contributed by atoms with van der Waals surface area (Å²) in [5.74, 6) is 1.58. The Morgan fingerprint density at radius 3 is 2.70 bits per heavy atom. The Morgan fingerprint density at radius 1 is 1.22 bits per heavy atom. The number of nitrogens with zero attached hydrogens (tertiary/aromatic N) is 4. The summed E-state index contributed by atoms with van der Waals surface area (Å²) in [6.45, 7) is 5.71. The molecule has 3 aromatic rings. The molecule has 0 saturated heterocycles. The van der Waals surface area contributed by atoms with Gasteiger partial charge in [-0.25, -0.2) is 9.97 Å². The van der Waals surface area contributed by atoms with E-state index in [1.165, 1.54) is 0 Å². The molecule has 27 heavy (non-hydrogen) atoms. The largest absolute Gasteiger partial charge is 0.507 e. The second kappa shape index (κ2) is 8.49. The molecule has 0 amide bonds. The van der Waals surface area contributed by atoms with Crippen LogP contribution in [-0.4, -0.2) is 33.2 Å². The number of aliphatic hydroxyl groups is 1. The molecule has 0 aliphatic heterocycles. The van der Waals surface area contributed by atoms with E-state index in [-0.39, 0.29) is 5.76 Å². The monoisotopic (exact) mass is 363 g/mol. The van der Waals surface area contributed by atoms with E-state index in [1.54, 1.807) is 19.3 Å². The van der Waals surface area contributed by atoms with Gasteiger partial charge in [0.2, 0.25) is 0 Å². The molecule has 1 aromatic carbocycles. The van der Waals surface area contributed by atoms with Crippen LogP contribution in [0.3, 0.4) is 0 Å². The fraction of sp³-hybridized carbons (Fsp3) is 0.286. The molecular weight excluding hydrogens is 338 g/mol. The van der Waals surface area contributed by atoms with Crippen molar-refractivity contribution >= 4 is 28.6 Å². The summed E-state index contributed by atoms with van der Waals surface area (Å²) >= 11 is 0. The molecule has 2 aromatic heterocycles. The first-order chi connectivity index (χ1) is 13.2. The van der Waals surface area contributed by atoms with Crippen LogP contribution in [0.5, 0.6) is 0 Å². The van der Waals surface area contributed by atoms with Crippen LogP contribution in [0, 0.1) is 0 Å². The first kappa shape index (κ1) is 18.6. The average molecular weight is 363 g/mol. The van der Waals surface area contributed by atoms with Crippen molar-refractivity contribution in [3.05, 3.63) is 59.5 Å². The van der Waals surface area contributed by atoms with Gasteiger partial charge >= 0.3 is 0 Å². The zero-order chi connectivity index (χ0) is 19.2. The minimum atomic E-state index is 0.122. The highest BCUT2D eigenvalue weighted by molar-refractivity contribution is 5.80. The number of pyridine rings is 1. The maximum Gasteiger partial charge on any atom is 0.138 e. The van der Waals surface area contributed by atoms with Crippen LogP contribution in [0.4, 0.5) is 5.82 Å². The number of hydrogen-bond acceptors (Lipinski definition) is 5. The van der Waals surface area contributed by atoms with Crippen molar-refractivity contribution in [1.82, 2.24) is 14.5 Å². The molecule has 0 aliphatic carbocycles. The molecule has 6 nitrogen and oxygen atoms in total. The highest BCUT2D eigenvalue weighted by Crippen LogP contribution is 2.17. The highest BCUT2D eigenvalue weighted by atomic mass is 16.3. The van der Waals surface area contributed by atoms with E-state index in [1.807, 2.05) is 47.9 Å². The molecule has 6 heteroatoms. The van der Waals surface area contributed by atoms with Crippen molar-refractivity contribution in [2.24, 2.45) is 4.99 Å². The van der Waals surface area contributed by atoms with E-state index in [0.29, 0.717) is 17.9 Å². The SMILES string of the molecule is CCCNc1ccc(/C(O)=C/c2nc3ccccc3c(=NC)n2CC)cn1. The molecule has 3 rings (SSSR count). The smallest absolute Gasteiger partial charge is 0.138 e. The summed E-state index contributed by atoms with van der Waals surface area (Å²) in [5.41, 5.74) is 2.34. The van der Waals surface area contributed by atoms with Gasteiger partial charge in [-0.3, -0.25) is 4.99 Å². The molecule has 0 bridgehead atoms. The molecule has 0 spiro atoms. The van der Waals surface area contributed by atoms with E-state index >= 15 is 0 Å². The van der Waals surface area contributed by atoms with Crippen LogP contribution in [0.15, 0.2) is 47.6 Å². The molecule has 0 radical (unpaired) electrons. The van der Waals surface area contributed by atoms with Crippen molar-refractivity contribution in [2.75, 3.05) is 18.9 Å². The summed E-state index contributed by atoms with van der Waals surface area (Å²) in [6.07, 6.45) is 4.36. The molecule has 140 valence electrons. The Balaban J connectivity index is 2.04. The summed E-state index contributed by atoms with van der Waals surface area (Å²) in [4.78, 5) is 13.5. The number of benzene rings is 1. The van der Waals surface area contributed by atoms with Crippen LogP contribution < -0.4 is 10.8 Å². The van der Waals surface area contributed by atoms with Gasteiger partial charge in [-0.15, -0.1) is 0 Å². The number of para-hydroxylation sites is 1. The van der Waals surface area contributed by atoms with Crippen LogP contribution >= 0.6 is 0 Å². The van der Waals surface area contributed by atoms with Crippen molar-refractivity contribution in [1.29, 1.82) is 0 Å². The molecule has 0 unspecified atom stereocenters. The fourth-order valence-corrected chi connectivity index (χ4v) is 2.97. The standard InChI is InChI=1S/C21H25N5O/c1-4-12-23-19-11-10-15(14-24-19)18(27)13-20-25-17-9-7-6-8-16(17)21(22-3)26(20)5-2/h6-11,13-14,27H,4-5,12H2,1-3H3,(H,23,24)/b18-13-,22-21?. The Morgan fingerprint density at radius 2 is 2.04 bits per heavy atom. The zero-order valence-electron chi connectivity index (χ0n) is 16.0. The molecule has 2 N–H and O–H groups in total. The fourth-order valence-electron chi connectivity index (χ4n) is 2.97. The van der Waals surface area contributed by atoms with Gasteiger partial charge in [0.05, 0.1) is 5.52 Å². The van der Waals surface area contributed by atoms with Gasteiger partial charge in [-0.2, -0.15) is 0 Å². The number of anilines is 1. The van der Waals surface area contributed by atoms with E-state index in [2.05, 4.69) is 22.2 Å². The van der Waals surface area contributed by atoms with Crippen molar-refractivity contribution < 1.29 is 5.11 Å². The normalized spacial score (nSPS) is 12.6. The third-order valence-electron chi connectivity index (χ3n) is 4.32. The lowest BCUT2D eigenvalue weighted by molar-refractivity contribution is 0.514. The number of nitrogens with one attached hydrogen (secondary N) is 1. The molecule has 0 atom stereocenters. The molecule has 0 saturated carbocycles. The maximum absolute atomic E-state index is 10.6. The van der Waals surface area contributed by atoms with E-state index in [0.717, 1.165) is 35.2 Å². The van der Waals surface area contributed by atoms with Gasteiger partial charge in [-0.1, -0.05) is 19.1 Å². The van der Waals surface area contributed by atoms with E-state index in [9.17, 15) is 5.11 Å². The number of aliphatic hydroxyl groups excluding tert-OH is 1. The van der Waals surface area contributed by atoms with E-state index < -0.39 is 0 Å². The first-order valence-electron chi connectivity index (χ1n) is 9.21. The van der Waals surface area contributed by atoms with Crippen LogP contribution in [-0.2, 0) is 6.54 Å². The molecule has 0 fully saturated rings. The summed E-state index contributed by atoms with van der Waals surface area (Å²) in [6, 6.07) is 11.6. The Bertz CT molecular complexity index is 1020.